The van der Waals surface area contributed by atoms with Crippen molar-refractivity contribution < 1.29 is 0 Å². The number of hydrogen-bond acceptors (Lipinski definition) is 7. The van der Waals surface area contributed by atoms with Crippen molar-refractivity contribution in [3.63, 3.8) is 0 Å². The molecule has 138 valence electrons. The summed E-state index contributed by atoms with van der Waals surface area (Å²) in [5.41, 5.74) is 12.5. The molecule has 7 nitrogen and oxygen atoms in total. The average Bonchev–Trinajstić information content (AvgIpc) is 3.44. The Morgan fingerprint density at radius 1 is 1.44 bits per heavy atom. The maximum Gasteiger partial charge on any atom is 0.140 e. The Balaban J connectivity index is 1.68. The fourth-order valence-corrected chi connectivity index (χ4v) is 3.58. The van der Waals surface area contributed by atoms with E-state index in [1.165, 1.54) is 23.0 Å². The van der Waals surface area contributed by atoms with Gasteiger partial charge in [-0.3, -0.25) is 5.32 Å². The van der Waals surface area contributed by atoms with Gasteiger partial charge in [-0.05, 0) is 31.1 Å². The second-order valence-corrected chi connectivity index (χ2v) is 6.88. The minimum atomic E-state index is 0.262. The topological polar surface area (TPSA) is 113 Å². The summed E-state index contributed by atoms with van der Waals surface area (Å²) in [5.74, 6) is 0.879. The van der Waals surface area contributed by atoms with Crippen LogP contribution in [0.25, 0.3) is 11.8 Å². The van der Waals surface area contributed by atoms with Crippen LogP contribution in [0, 0.1) is 12.3 Å². The van der Waals surface area contributed by atoms with E-state index in [-0.39, 0.29) is 6.17 Å². The van der Waals surface area contributed by atoms with Gasteiger partial charge in [-0.1, -0.05) is 24.8 Å². The summed E-state index contributed by atoms with van der Waals surface area (Å²) in [5, 5.41) is 14.7. The van der Waals surface area contributed by atoms with Crippen LogP contribution in [-0.2, 0) is 0 Å². The number of nitrogens with two attached hydrogens (primary N) is 1. The minimum Gasteiger partial charge on any atom is -0.383 e. The van der Waals surface area contributed by atoms with Crippen LogP contribution < -0.4 is 16.4 Å². The first-order valence-electron chi connectivity index (χ1n) is 8.89. The number of nitrogen functional groups attached to an aromatic ring is 1. The average molecular weight is 361 g/mol. The van der Waals surface area contributed by atoms with Crippen LogP contribution in [-0.4, -0.2) is 39.8 Å². The summed E-state index contributed by atoms with van der Waals surface area (Å²) in [6, 6.07) is 6.29. The number of anilines is 2. The summed E-state index contributed by atoms with van der Waals surface area (Å²) in [4.78, 5) is 10.5. The summed E-state index contributed by atoms with van der Waals surface area (Å²) in [7, 11) is 0. The zero-order chi connectivity index (χ0) is 19.1. The van der Waals surface area contributed by atoms with Gasteiger partial charge in [0.25, 0.3) is 0 Å². The van der Waals surface area contributed by atoms with Gasteiger partial charge in [0.1, 0.15) is 18.0 Å². The molecule has 2 aliphatic heterocycles. The van der Waals surface area contributed by atoms with Crippen LogP contribution in [0.4, 0.5) is 11.6 Å². The van der Waals surface area contributed by atoms with E-state index in [0.717, 1.165) is 17.9 Å². The number of aryl methyl sites for hydroxylation is 1. The molecule has 0 aliphatic carbocycles. The molecule has 0 radical (unpaired) electrons. The Bertz CT molecular complexity index is 972. The third-order valence-corrected chi connectivity index (χ3v) is 4.90. The number of hydrogen-bond donors (Lipinski definition) is 4. The van der Waals surface area contributed by atoms with E-state index in [4.69, 9.17) is 11.1 Å². The molecule has 1 atom stereocenters. The van der Waals surface area contributed by atoms with Gasteiger partial charge in [-0.25, -0.2) is 9.97 Å². The van der Waals surface area contributed by atoms with Gasteiger partial charge in [0, 0.05) is 29.2 Å². The normalized spacial score (nSPS) is 18.0. The van der Waals surface area contributed by atoms with Crippen LogP contribution in [0.5, 0.6) is 0 Å². The van der Waals surface area contributed by atoms with Gasteiger partial charge >= 0.3 is 0 Å². The lowest BCUT2D eigenvalue weighted by Crippen LogP contribution is -2.32. The van der Waals surface area contributed by atoms with Crippen molar-refractivity contribution in [2.24, 2.45) is 0 Å². The maximum atomic E-state index is 7.96. The van der Waals surface area contributed by atoms with Crippen molar-refractivity contribution in [1.82, 2.24) is 20.2 Å². The molecule has 3 heterocycles. The molecule has 5 N–H and O–H groups in total. The molecule has 1 unspecified atom stereocenters. The molecule has 2 aromatic rings. The van der Waals surface area contributed by atoms with Crippen LogP contribution in [0.15, 0.2) is 36.8 Å². The van der Waals surface area contributed by atoms with E-state index < -0.39 is 0 Å². The molecule has 4 rings (SSSR count). The minimum absolute atomic E-state index is 0.262. The van der Waals surface area contributed by atoms with Crippen molar-refractivity contribution in [1.29, 1.82) is 5.41 Å². The second-order valence-electron chi connectivity index (χ2n) is 6.88. The summed E-state index contributed by atoms with van der Waals surface area (Å²) in [6.07, 6.45) is 3.86. The molecule has 1 aromatic carbocycles. The quantitative estimate of drug-likeness (QED) is 0.480. The summed E-state index contributed by atoms with van der Waals surface area (Å²) < 4.78 is 0. The highest BCUT2D eigenvalue weighted by atomic mass is 15.4. The second kappa shape index (κ2) is 6.51. The number of nitrogens with zero attached hydrogens (tertiary/aromatic N) is 3. The predicted molar refractivity (Wildman–Crippen MR) is 109 cm³/mol. The van der Waals surface area contributed by atoms with Gasteiger partial charge in [0.15, 0.2) is 0 Å². The lowest BCUT2D eigenvalue weighted by atomic mass is 9.94. The lowest BCUT2D eigenvalue weighted by Gasteiger charge is -2.34. The summed E-state index contributed by atoms with van der Waals surface area (Å²) in [6.45, 7) is 9.63. The van der Waals surface area contributed by atoms with Gasteiger partial charge in [0.2, 0.25) is 0 Å². The van der Waals surface area contributed by atoms with E-state index >= 15 is 0 Å². The predicted octanol–water partition coefficient (Wildman–Crippen LogP) is 2.42. The van der Waals surface area contributed by atoms with E-state index in [0.29, 0.717) is 29.5 Å². The Morgan fingerprint density at radius 3 is 2.93 bits per heavy atom. The molecule has 1 saturated heterocycles. The number of fused-ring (bicyclic) bond motifs is 1. The maximum absolute atomic E-state index is 7.96. The highest BCUT2D eigenvalue weighted by molar-refractivity contribution is 6.04. The fourth-order valence-electron chi connectivity index (χ4n) is 3.58. The third kappa shape index (κ3) is 3.06. The molecule has 1 fully saturated rings. The van der Waals surface area contributed by atoms with E-state index in [1.807, 2.05) is 0 Å². The van der Waals surface area contributed by atoms with Gasteiger partial charge < -0.3 is 21.4 Å². The first-order chi connectivity index (χ1) is 13.0. The van der Waals surface area contributed by atoms with E-state index in [9.17, 15) is 0 Å². The van der Waals surface area contributed by atoms with Gasteiger partial charge in [0.05, 0.1) is 18.3 Å². The molecule has 1 aromatic heterocycles. The molecule has 0 spiro atoms. The van der Waals surface area contributed by atoms with Crippen LogP contribution in [0.2, 0.25) is 0 Å². The Morgan fingerprint density at radius 2 is 2.22 bits per heavy atom. The molecule has 27 heavy (non-hydrogen) atoms. The zero-order valence-corrected chi connectivity index (χ0v) is 15.5. The molecule has 0 amide bonds. The highest BCUT2D eigenvalue weighted by Crippen LogP contribution is 2.37. The third-order valence-electron chi connectivity index (χ3n) is 4.90. The monoisotopic (exact) mass is 361 g/mol. The number of benzene rings is 1. The Kier molecular flexibility index (Phi) is 4.16. The van der Waals surface area contributed by atoms with Crippen molar-refractivity contribution in [3.05, 3.63) is 59.1 Å². The smallest absolute Gasteiger partial charge is 0.140 e. The van der Waals surface area contributed by atoms with Gasteiger partial charge in [-0.2, -0.15) is 0 Å². The number of aromatic nitrogens is 2. The van der Waals surface area contributed by atoms with E-state index in [1.54, 1.807) is 6.92 Å². The standard InChI is InChI=1S/C20H23N7/c1-11-5-4-6-14-7-15(27(16-9-23-16)13(3)17(11)14)8-24-20-18(12(2)21)19(22)25-10-26-20/h4-7,10,16,21,23H,3,8-9H2,1-2H3,(H3,22,24,25,26). The summed E-state index contributed by atoms with van der Waals surface area (Å²) >= 11 is 0. The SMILES string of the molecule is C=C1c2c(C)cccc2C=C(CNc2ncnc(N)c2C(C)=N)N1C1CN1. The molecular weight excluding hydrogens is 338 g/mol. The highest BCUT2D eigenvalue weighted by Gasteiger charge is 2.35. The molecular formula is C20H23N7. The zero-order valence-electron chi connectivity index (χ0n) is 15.5. The van der Waals surface area contributed by atoms with E-state index in [2.05, 4.69) is 63.3 Å². The first-order valence-corrected chi connectivity index (χ1v) is 8.89. The Hall–Kier alpha value is -3.19. The largest absolute Gasteiger partial charge is 0.383 e. The fraction of sp³-hybridized carbons (Fsp3) is 0.250. The first kappa shape index (κ1) is 17.2. The molecule has 7 heteroatoms. The molecule has 2 aliphatic rings. The van der Waals surface area contributed by atoms with Crippen molar-refractivity contribution in [2.45, 2.75) is 20.0 Å². The van der Waals surface area contributed by atoms with Crippen molar-refractivity contribution in [2.75, 3.05) is 24.1 Å². The molecule has 0 bridgehead atoms. The van der Waals surface area contributed by atoms with Crippen LogP contribution >= 0.6 is 0 Å². The number of nitrogens with one attached hydrogen (secondary N) is 3. The molecule has 0 saturated carbocycles. The van der Waals surface area contributed by atoms with Gasteiger partial charge in [-0.15, -0.1) is 0 Å². The lowest BCUT2D eigenvalue weighted by molar-refractivity contribution is 0.469. The van der Waals surface area contributed by atoms with Crippen LogP contribution in [0.1, 0.15) is 29.2 Å². The van der Waals surface area contributed by atoms with Crippen LogP contribution in [0.3, 0.4) is 0 Å². The number of rotatable bonds is 5. The van der Waals surface area contributed by atoms with Crippen molar-refractivity contribution >= 4 is 29.1 Å². The Labute approximate surface area is 158 Å². The van der Waals surface area contributed by atoms with Crippen molar-refractivity contribution in [3.8, 4) is 0 Å².